The highest BCUT2D eigenvalue weighted by molar-refractivity contribution is 5.68. The molecule has 4 N–H and O–H groups in total. The van der Waals surface area contributed by atoms with Gasteiger partial charge in [0, 0.05) is 32.7 Å². The fraction of sp³-hybridized carbons (Fsp3) is 0.667. The average molecular weight is 201 g/mol. The van der Waals surface area contributed by atoms with Gasteiger partial charge in [-0.25, -0.2) is 0 Å². The van der Waals surface area contributed by atoms with Gasteiger partial charge in [-0.15, -0.1) is 6.58 Å². The highest BCUT2D eigenvalue weighted by atomic mass is 16.4. The van der Waals surface area contributed by atoms with E-state index in [1.54, 1.807) is 0 Å². The molecule has 0 aromatic rings. The van der Waals surface area contributed by atoms with Crippen molar-refractivity contribution in [3.05, 3.63) is 12.7 Å². The van der Waals surface area contributed by atoms with E-state index in [2.05, 4.69) is 22.5 Å². The molecule has 0 aliphatic rings. The second kappa shape index (κ2) is 10.2. The summed E-state index contributed by atoms with van der Waals surface area (Å²) in [4.78, 5) is 10.1. The molecule has 0 aromatic heterocycles. The lowest BCUT2D eigenvalue weighted by atomic mass is 10.5. The molecule has 0 unspecified atom stereocenters. The Morgan fingerprint density at radius 2 is 1.71 bits per heavy atom. The third-order valence-corrected chi connectivity index (χ3v) is 1.52. The number of aliphatic carboxylic acids is 1. The van der Waals surface area contributed by atoms with Crippen molar-refractivity contribution in [2.24, 2.45) is 0 Å². The van der Waals surface area contributed by atoms with Gasteiger partial charge in [-0.2, -0.15) is 0 Å². The van der Waals surface area contributed by atoms with Gasteiger partial charge in [0.2, 0.25) is 0 Å². The molecular weight excluding hydrogens is 182 g/mol. The molecule has 0 heterocycles. The lowest BCUT2D eigenvalue weighted by Gasteiger charge is -2.05. The van der Waals surface area contributed by atoms with Crippen molar-refractivity contribution in [3.63, 3.8) is 0 Å². The van der Waals surface area contributed by atoms with Gasteiger partial charge in [-0.1, -0.05) is 6.08 Å². The lowest BCUT2D eigenvalue weighted by molar-refractivity contribution is -0.135. The van der Waals surface area contributed by atoms with Crippen LogP contribution in [0.1, 0.15) is 0 Å². The van der Waals surface area contributed by atoms with Crippen molar-refractivity contribution in [3.8, 4) is 0 Å². The first-order valence-corrected chi connectivity index (χ1v) is 4.72. The van der Waals surface area contributed by atoms with Gasteiger partial charge in [-0.05, 0) is 0 Å². The van der Waals surface area contributed by atoms with E-state index < -0.39 is 5.97 Å². The Hall–Kier alpha value is -0.910. The van der Waals surface area contributed by atoms with Crippen molar-refractivity contribution in [2.75, 3.05) is 39.3 Å². The molecule has 0 aliphatic carbocycles. The molecule has 0 aliphatic heterocycles. The van der Waals surface area contributed by atoms with Crippen LogP contribution in [-0.4, -0.2) is 50.3 Å². The van der Waals surface area contributed by atoms with Gasteiger partial charge in [0.15, 0.2) is 0 Å². The SMILES string of the molecule is C=CCNCCNCCNCC(=O)O. The molecule has 0 atom stereocenters. The first-order chi connectivity index (χ1) is 6.77. The van der Waals surface area contributed by atoms with Crippen LogP contribution in [0.5, 0.6) is 0 Å². The molecule has 0 fully saturated rings. The number of hydrogen-bond donors (Lipinski definition) is 4. The Morgan fingerprint density at radius 3 is 2.29 bits per heavy atom. The number of carboxylic acid groups (broad SMARTS) is 1. The molecule has 0 spiro atoms. The quantitative estimate of drug-likeness (QED) is 0.270. The van der Waals surface area contributed by atoms with Crippen LogP contribution in [0, 0.1) is 0 Å². The summed E-state index contributed by atoms with van der Waals surface area (Å²) in [7, 11) is 0. The Labute approximate surface area is 84.6 Å². The van der Waals surface area contributed by atoms with Crippen LogP contribution in [0.15, 0.2) is 12.7 Å². The van der Waals surface area contributed by atoms with E-state index in [-0.39, 0.29) is 6.54 Å². The monoisotopic (exact) mass is 201 g/mol. The molecule has 82 valence electrons. The highest BCUT2D eigenvalue weighted by Gasteiger charge is 1.93. The van der Waals surface area contributed by atoms with Gasteiger partial charge in [-0.3, -0.25) is 4.79 Å². The predicted octanol–water partition coefficient (Wildman–Crippen LogP) is -0.974. The molecule has 0 rings (SSSR count). The molecular formula is C9H19N3O2. The first kappa shape index (κ1) is 13.1. The highest BCUT2D eigenvalue weighted by Crippen LogP contribution is 1.63. The van der Waals surface area contributed by atoms with Gasteiger partial charge >= 0.3 is 5.97 Å². The van der Waals surface area contributed by atoms with E-state index in [1.165, 1.54) is 0 Å². The topological polar surface area (TPSA) is 73.4 Å². The van der Waals surface area contributed by atoms with Crippen LogP contribution in [0.2, 0.25) is 0 Å². The van der Waals surface area contributed by atoms with Crippen molar-refractivity contribution in [1.82, 2.24) is 16.0 Å². The summed E-state index contributed by atoms with van der Waals surface area (Å²) >= 11 is 0. The molecule has 0 amide bonds. The van der Waals surface area contributed by atoms with Crippen LogP contribution in [0.3, 0.4) is 0 Å². The third-order valence-electron chi connectivity index (χ3n) is 1.52. The largest absolute Gasteiger partial charge is 0.480 e. The minimum absolute atomic E-state index is 0.0242. The van der Waals surface area contributed by atoms with E-state index in [4.69, 9.17) is 5.11 Å². The zero-order valence-corrected chi connectivity index (χ0v) is 8.38. The summed E-state index contributed by atoms with van der Waals surface area (Å²) in [6, 6.07) is 0. The Morgan fingerprint density at radius 1 is 1.14 bits per heavy atom. The van der Waals surface area contributed by atoms with E-state index >= 15 is 0 Å². The standard InChI is InChI=1S/C9H19N3O2/c1-2-3-10-4-5-11-6-7-12-8-9(13)14/h2,10-12H,1,3-8H2,(H,13,14). The fourth-order valence-corrected chi connectivity index (χ4v) is 0.878. The summed E-state index contributed by atoms with van der Waals surface area (Å²) in [5, 5.41) is 17.4. The van der Waals surface area contributed by atoms with Crippen LogP contribution < -0.4 is 16.0 Å². The summed E-state index contributed by atoms with van der Waals surface area (Å²) in [5.74, 6) is -0.822. The molecule has 14 heavy (non-hydrogen) atoms. The maximum absolute atomic E-state index is 10.1. The molecule has 0 aromatic carbocycles. The van der Waals surface area contributed by atoms with E-state index in [1.807, 2.05) is 6.08 Å². The number of nitrogens with one attached hydrogen (secondary N) is 3. The van der Waals surface area contributed by atoms with Crippen molar-refractivity contribution < 1.29 is 9.90 Å². The normalized spacial score (nSPS) is 10.0. The van der Waals surface area contributed by atoms with Crippen molar-refractivity contribution in [2.45, 2.75) is 0 Å². The number of rotatable bonds is 10. The van der Waals surface area contributed by atoms with Crippen LogP contribution in [0.4, 0.5) is 0 Å². The molecule has 0 bridgehead atoms. The second-order valence-electron chi connectivity index (χ2n) is 2.81. The summed E-state index contributed by atoms with van der Waals surface area (Å²) in [5.41, 5.74) is 0. The fourth-order valence-electron chi connectivity index (χ4n) is 0.878. The third kappa shape index (κ3) is 11.1. The van der Waals surface area contributed by atoms with Gasteiger partial charge in [0.1, 0.15) is 0 Å². The second-order valence-corrected chi connectivity index (χ2v) is 2.81. The van der Waals surface area contributed by atoms with E-state index in [0.29, 0.717) is 6.54 Å². The molecule has 0 saturated carbocycles. The zero-order chi connectivity index (χ0) is 10.6. The van der Waals surface area contributed by atoms with Gasteiger partial charge in [0.05, 0.1) is 6.54 Å². The van der Waals surface area contributed by atoms with Crippen molar-refractivity contribution in [1.29, 1.82) is 0 Å². The summed E-state index contributed by atoms with van der Waals surface area (Å²) in [6.07, 6.45) is 1.81. The molecule has 0 saturated heterocycles. The minimum atomic E-state index is -0.822. The zero-order valence-electron chi connectivity index (χ0n) is 8.38. The van der Waals surface area contributed by atoms with Gasteiger partial charge in [0.25, 0.3) is 0 Å². The van der Waals surface area contributed by atoms with Crippen molar-refractivity contribution >= 4 is 5.97 Å². The van der Waals surface area contributed by atoms with Crippen LogP contribution in [0.25, 0.3) is 0 Å². The van der Waals surface area contributed by atoms with Crippen LogP contribution in [-0.2, 0) is 4.79 Å². The Bertz CT molecular complexity index is 162. The summed E-state index contributed by atoms with van der Waals surface area (Å²) < 4.78 is 0. The number of carboxylic acids is 1. The summed E-state index contributed by atoms with van der Waals surface area (Å²) in [6.45, 7) is 7.66. The first-order valence-electron chi connectivity index (χ1n) is 4.72. The number of carbonyl (C=O) groups is 1. The maximum Gasteiger partial charge on any atom is 0.317 e. The maximum atomic E-state index is 10.1. The minimum Gasteiger partial charge on any atom is -0.480 e. The van der Waals surface area contributed by atoms with E-state index in [0.717, 1.165) is 26.2 Å². The van der Waals surface area contributed by atoms with Gasteiger partial charge < -0.3 is 21.1 Å². The Balaban J connectivity index is 2.92. The van der Waals surface area contributed by atoms with Crippen LogP contribution >= 0.6 is 0 Å². The van der Waals surface area contributed by atoms with E-state index in [9.17, 15) is 4.79 Å². The predicted molar refractivity (Wildman–Crippen MR) is 56.4 cm³/mol. The number of hydrogen-bond acceptors (Lipinski definition) is 4. The Kier molecular flexibility index (Phi) is 9.51. The smallest absolute Gasteiger partial charge is 0.317 e. The molecule has 0 radical (unpaired) electrons. The molecule has 5 nitrogen and oxygen atoms in total. The lowest BCUT2D eigenvalue weighted by Crippen LogP contribution is -2.34. The average Bonchev–Trinajstić information content (AvgIpc) is 2.15. The molecule has 5 heteroatoms.